The Labute approximate surface area is 161 Å². The van der Waals surface area contributed by atoms with Gasteiger partial charge in [-0.25, -0.2) is 0 Å². The van der Waals surface area contributed by atoms with E-state index in [9.17, 15) is 0 Å². The van der Waals surface area contributed by atoms with Crippen LogP contribution in [0.25, 0.3) is 21.5 Å². The first kappa shape index (κ1) is 19.4. The zero-order chi connectivity index (χ0) is 17.1. The molecule has 3 aromatic carbocycles. The van der Waals surface area contributed by atoms with Gasteiger partial charge < -0.3 is 23.9 Å². The lowest BCUT2D eigenvalue weighted by atomic mass is 9.93. The van der Waals surface area contributed by atoms with Gasteiger partial charge in [-0.1, -0.05) is 72.1 Å². The van der Waals surface area contributed by atoms with Crippen molar-refractivity contribution in [3.8, 4) is 0 Å². The van der Waals surface area contributed by atoms with Crippen LogP contribution in [0.2, 0.25) is 0 Å². The van der Waals surface area contributed by atoms with Gasteiger partial charge in [0.25, 0.3) is 0 Å². The topological polar surface area (TPSA) is 99.7 Å². The van der Waals surface area contributed by atoms with Crippen LogP contribution in [0.4, 0.5) is 0 Å². The summed E-state index contributed by atoms with van der Waals surface area (Å²) in [4.78, 5) is 0. The Morgan fingerprint density at radius 2 is 0.960 bits per heavy atom. The molecule has 0 aliphatic carbocycles. The molecule has 0 atom stereocenters. The van der Waals surface area contributed by atoms with Crippen LogP contribution in [0.5, 0.6) is 0 Å². The van der Waals surface area contributed by atoms with Crippen molar-refractivity contribution >= 4 is 55.4 Å². The number of hydrogen-bond donors (Lipinski definition) is 4. The van der Waals surface area contributed by atoms with Crippen LogP contribution in [-0.2, 0) is 11.5 Å². The Morgan fingerprint density at radius 3 is 1.20 bits per heavy atom. The van der Waals surface area contributed by atoms with E-state index in [2.05, 4.69) is 24.3 Å². The summed E-state index contributed by atoms with van der Waals surface area (Å²) in [5.74, 6) is 1.33. The molecule has 0 amide bonds. The zero-order valence-corrected chi connectivity index (χ0v) is 15.8. The van der Waals surface area contributed by atoms with Gasteiger partial charge >= 0.3 is 0 Å². The number of benzene rings is 3. The van der Waals surface area contributed by atoms with E-state index in [4.69, 9.17) is 22.3 Å². The molecule has 0 saturated carbocycles. The molecule has 7 heteroatoms. The molecular formula is C18H18ClN4S2-. The summed E-state index contributed by atoms with van der Waals surface area (Å²) in [7, 11) is 0. The second-order valence-corrected chi connectivity index (χ2v) is 7.39. The number of nitrogens with one attached hydrogen (secondary N) is 2. The number of nitrogens with two attached hydrogens (primary N) is 2. The van der Waals surface area contributed by atoms with Crippen molar-refractivity contribution in [3.05, 3.63) is 59.7 Å². The van der Waals surface area contributed by atoms with Crippen molar-refractivity contribution in [3.63, 3.8) is 0 Å². The van der Waals surface area contributed by atoms with Gasteiger partial charge in [0.15, 0.2) is 10.3 Å². The van der Waals surface area contributed by atoms with E-state index in [1.54, 1.807) is 0 Å². The van der Waals surface area contributed by atoms with E-state index in [0.29, 0.717) is 11.5 Å². The third-order valence-corrected chi connectivity index (χ3v) is 5.39. The molecule has 0 fully saturated rings. The smallest absolute Gasteiger partial charge is 0.151 e. The van der Waals surface area contributed by atoms with Crippen molar-refractivity contribution in [2.75, 3.05) is 0 Å². The fraction of sp³-hybridized carbons (Fsp3) is 0.111. The Bertz CT molecular complexity index is 810. The summed E-state index contributed by atoms with van der Waals surface area (Å²) in [6.45, 7) is 0. The standard InChI is InChI=1S/C18H18N4S2.ClH/c19-17(20)23-9-15-11-5-1-2-6-12(11)16(10-24-18(21)22)14-8-4-3-7-13(14)15;/h1-8H,9-10H2,(H3,19,20)(H3,21,22);1H/p-1. The summed E-state index contributed by atoms with van der Waals surface area (Å²) in [6, 6.07) is 16.6. The lowest BCUT2D eigenvalue weighted by molar-refractivity contribution is -0.00000528. The van der Waals surface area contributed by atoms with E-state index in [-0.39, 0.29) is 22.7 Å². The zero-order valence-electron chi connectivity index (χ0n) is 13.4. The molecule has 25 heavy (non-hydrogen) atoms. The minimum Gasteiger partial charge on any atom is -1.00 e. The predicted octanol–water partition coefficient (Wildman–Crippen LogP) is 1.25. The van der Waals surface area contributed by atoms with E-state index in [1.165, 1.54) is 56.2 Å². The van der Waals surface area contributed by atoms with Gasteiger partial charge in [-0.3, -0.25) is 10.8 Å². The molecule has 3 rings (SSSR count). The molecule has 0 aliphatic rings. The van der Waals surface area contributed by atoms with Crippen molar-refractivity contribution in [2.45, 2.75) is 11.5 Å². The molecule has 6 N–H and O–H groups in total. The van der Waals surface area contributed by atoms with Crippen LogP contribution in [-0.4, -0.2) is 10.3 Å². The Balaban J connectivity index is 0.00000225. The maximum Gasteiger partial charge on any atom is 0.151 e. The van der Waals surface area contributed by atoms with E-state index >= 15 is 0 Å². The van der Waals surface area contributed by atoms with Crippen molar-refractivity contribution in [1.29, 1.82) is 10.8 Å². The Morgan fingerprint density at radius 1 is 0.680 bits per heavy atom. The van der Waals surface area contributed by atoms with Crippen LogP contribution >= 0.6 is 23.5 Å². The van der Waals surface area contributed by atoms with Crippen LogP contribution in [0, 0.1) is 10.8 Å². The highest BCUT2D eigenvalue weighted by Gasteiger charge is 2.14. The lowest BCUT2D eigenvalue weighted by Gasteiger charge is -2.16. The largest absolute Gasteiger partial charge is 1.00 e. The average molecular weight is 390 g/mol. The predicted molar refractivity (Wildman–Crippen MR) is 108 cm³/mol. The molecule has 3 aromatic rings. The fourth-order valence-corrected chi connectivity index (χ4v) is 4.14. The molecule has 0 aliphatic heterocycles. The van der Waals surface area contributed by atoms with E-state index in [0.717, 1.165) is 0 Å². The second-order valence-electron chi connectivity index (χ2n) is 5.35. The first-order valence-electron chi connectivity index (χ1n) is 7.42. The minimum absolute atomic E-state index is 0. The first-order valence-corrected chi connectivity index (χ1v) is 9.40. The van der Waals surface area contributed by atoms with Crippen molar-refractivity contribution in [1.82, 2.24) is 0 Å². The number of hydrogen-bond acceptors (Lipinski definition) is 4. The second kappa shape index (κ2) is 8.47. The maximum absolute atomic E-state index is 7.52. The van der Waals surface area contributed by atoms with Crippen LogP contribution < -0.4 is 23.9 Å². The quantitative estimate of drug-likeness (QED) is 0.306. The molecule has 0 unspecified atom stereocenters. The van der Waals surface area contributed by atoms with Crippen molar-refractivity contribution in [2.24, 2.45) is 11.5 Å². The van der Waals surface area contributed by atoms with E-state index in [1.807, 2.05) is 24.3 Å². The molecule has 4 nitrogen and oxygen atoms in total. The van der Waals surface area contributed by atoms with Crippen LogP contribution in [0.15, 0.2) is 48.5 Å². The summed E-state index contributed by atoms with van der Waals surface area (Å²) in [6.07, 6.45) is 0. The normalized spacial score (nSPS) is 10.6. The third kappa shape index (κ3) is 4.21. The third-order valence-electron chi connectivity index (χ3n) is 3.90. The summed E-state index contributed by atoms with van der Waals surface area (Å²) < 4.78 is 0. The number of rotatable bonds is 4. The molecule has 0 spiro atoms. The van der Waals surface area contributed by atoms with Gasteiger partial charge in [0.05, 0.1) is 0 Å². The summed E-state index contributed by atoms with van der Waals surface area (Å²) in [5.41, 5.74) is 13.5. The van der Waals surface area contributed by atoms with Gasteiger partial charge in [0.2, 0.25) is 0 Å². The van der Waals surface area contributed by atoms with Crippen molar-refractivity contribution < 1.29 is 12.4 Å². The van der Waals surface area contributed by atoms with E-state index < -0.39 is 0 Å². The highest BCUT2D eigenvalue weighted by molar-refractivity contribution is 8.13. The highest BCUT2D eigenvalue weighted by Crippen LogP contribution is 2.36. The fourth-order valence-electron chi connectivity index (χ4n) is 2.92. The molecular weight excluding hydrogens is 372 g/mol. The lowest BCUT2D eigenvalue weighted by Crippen LogP contribution is -3.00. The van der Waals surface area contributed by atoms with Gasteiger partial charge in [-0.15, -0.1) is 0 Å². The maximum atomic E-state index is 7.52. The summed E-state index contributed by atoms with van der Waals surface area (Å²) >= 11 is 2.68. The monoisotopic (exact) mass is 389 g/mol. The Kier molecular flexibility index (Phi) is 6.58. The first-order chi connectivity index (χ1) is 11.6. The van der Waals surface area contributed by atoms with Crippen LogP contribution in [0.1, 0.15) is 11.1 Å². The van der Waals surface area contributed by atoms with Gasteiger partial charge in [-0.2, -0.15) is 0 Å². The molecule has 0 saturated heterocycles. The number of halogens is 1. The minimum atomic E-state index is 0. The van der Waals surface area contributed by atoms with Crippen LogP contribution in [0.3, 0.4) is 0 Å². The SMILES string of the molecule is N=C(N)SCc1c2ccccc2c(CSC(=N)N)c2ccccc12.[Cl-]. The van der Waals surface area contributed by atoms with Gasteiger partial charge in [-0.05, 0) is 32.7 Å². The highest BCUT2D eigenvalue weighted by atomic mass is 35.5. The molecule has 0 bridgehead atoms. The molecule has 0 radical (unpaired) electrons. The summed E-state index contributed by atoms with van der Waals surface area (Å²) in [5, 5.41) is 20.0. The van der Waals surface area contributed by atoms with Gasteiger partial charge in [0, 0.05) is 11.5 Å². The molecule has 0 aromatic heterocycles. The number of fused-ring (bicyclic) bond motifs is 2. The number of amidine groups is 2. The Hall–Kier alpha value is -1.89. The molecule has 0 heterocycles. The average Bonchev–Trinajstić information content (AvgIpc) is 2.57. The molecule has 130 valence electrons. The van der Waals surface area contributed by atoms with Gasteiger partial charge in [0.1, 0.15) is 0 Å². The number of thioether (sulfide) groups is 2.